The van der Waals surface area contributed by atoms with Gasteiger partial charge in [-0.1, -0.05) is 11.6 Å². The maximum atomic E-state index is 11.9. The highest BCUT2D eigenvalue weighted by Gasteiger charge is 2.26. The number of nitrogens with zero attached hydrogens (tertiary/aromatic N) is 2. The van der Waals surface area contributed by atoms with E-state index in [2.05, 4.69) is 9.62 Å². The quantitative estimate of drug-likeness (QED) is 0.812. The molecule has 1 aromatic rings. The third-order valence-electron chi connectivity index (χ3n) is 3.43. The fraction of sp³-hybridized carbons (Fsp3) is 0.500. The number of rotatable bonds is 6. The van der Waals surface area contributed by atoms with E-state index in [9.17, 15) is 8.42 Å². The summed E-state index contributed by atoms with van der Waals surface area (Å²) >= 11 is 5.86. The van der Waals surface area contributed by atoms with E-state index in [0.29, 0.717) is 18.0 Å². The van der Waals surface area contributed by atoms with Crippen molar-refractivity contribution < 1.29 is 8.42 Å². The van der Waals surface area contributed by atoms with E-state index < -0.39 is 10.0 Å². The summed E-state index contributed by atoms with van der Waals surface area (Å²) in [5, 5.41) is 9.13. The van der Waals surface area contributed by atoms with E-state index in [-0.39, 0.29) is 18.2 Å². The molecule has 1 fully saturated rings. The van der Waals surface area contributed by atoms with Gasteiger partial charge in [0.15, 0.2) is 0 Å². The van der Waals surface area contributed by atoms with Crippen molar-refractivity contribution in [3.63, 3.8) is 0 Å². The molecule has 2 rings (SSSR count). The first-order valence-electron chi connectivity index (χ1n) is 6.87. The minimum atomic E-state index is -3.30. The third kappa shape index (κ3) is 4.88. The lowest BCUT2D eigenvalue weighted by Gasteiger charge is -2.19. The molecule has 0 spiro atoms. The van der Waals surface area contributed by atoms with Gasteiger partial charge in [0.1, 0.15) is 0 Å². The molecule has 0 amide bonds. The van der Waals surface area contributed by atoms with Crippen molar-refractivity contribution in [2.24, 2.45) is 0 Å². The number of benzene rings is 1. The molecule has 1 N–H and O–H groups in total. The molecule has 0 bridgehead atoms. The Hall–Kier alpha value is -1.29. The maximum Gasteiger partial charge on any atom is 0.211 e. The van der Waals surface area contributed by atoms with Crippen molar-refractivity contribution in [1.29, 1.82) is 5.26 Å². The monoisotopic (exact) mass is 327 g/mol. The summed E-state index contributed by atoms with van der Waals surface area (Å²) in [6.45, 7) is 1.46. The summed E-state index contributed by atoms with van der Waals surface area (Å²) in [6.07, 6.45) is 1.42. The lowest BCUT2D eigenvalue weighted by atomic mass is 10.3. The molecule has 114 valence electrons. The Bertz CT molecular complexity index is 610. The summed E-state index contributed by atoms with van der Waals surface area (Å²) < 4.78 is 26.5. The fourth-order valence-electron chi connectivity index (χ4n) is 2.40. The summed E-state index contributed by atoms with van der Waals surface area (Å²) in [7, 11) is -3.30. The molecule has 5 nitrogen and oxygen atoms in total. The number of unbranched alkanes of at least 4 members (excludes halogenated alkanes) is 1. The van der Waals surface area contributed by atoms with Crippen LogP contribution >= 0.6 is 11.6 Å². The van der Waals surface area contributed by atoms with E-state index in [1.165, 1.54) is 0 Å². The van der Waals surface area contributed by atoms with Crippen molar-refractivity contribution >= 4 is 27.3 Å². The largest absolute Gasteiger partial charge is 0.370 e. The molecule has 1 saturated heterocycles. The average molecular weight is 328 g/mol. The molecular formula is C14H18ClN3O2S. The van der Waals surface area contributed by atoms with Crippen molar-refractivity contribution in [1.82, 2.24) is 4.72 Å². The van der Waals surface area contributed by atoms with E-state index in [1.807, 2.05) is 30.3 Å². The normalized spacial score (nSPS) is 18.7. The number of nitrogens with one attached hydrogen (secondary N) is 1. The molecule has 0 aliphatic carbocycles. The molecule has 21 heavy (non-hydrogen) atoms. The van der Waals surface area contributed by atoms with Gasteiger partial charge >= 0.3 is 0 Å². The second-order valence-corrected chi connectivity index (χ2v) is 7.42. The predicted molar refractivity (Wildman–Crippen MR) is 83.8 cm³/mol. The van der Waals surface area contributed by atoms with Crippen molar-refractivity contribution in [3.05, 3.63) is 29.3 Å². The fourth-order valence-corrected chi connectivity index (χ4v) is 3.87. The minimum Gasteiger partial charge on any atom is -0.370 e. The van der Waals surface area contributed by atoms with Crippen LogP contribution in [-0.4, -0.2) is 33.3 Å². The zero-order valence-corrected chi connectivity index (χ0v) is 13.2. The minimum absolute atomic E-state index is 0.0119. The van der Waals surface area contributed by atoms with Crippen LogP contribution in [0.25, 0.3) is 0 Å². The van der Waals surface area contributed by atoms with Crippen molar-refractivity contribution in [2.45, 2.75) is 25.3 Å². The lowest BCUT2D eigenvalue weighted by molar-refractivity contribution is 0.559. The first-order chi connectivity index (χ1) is 10.00. The van der Waals surface area contributed by atoms with Gasteiger partial charge in [-0.3, -0.25) is 0 Å². The molecular weight excluding hydrogens is 310 g/mol. The Labute approximate surface area is 130 Å². The van der Waals surface area contributed by atoms with Gasteiger partial charge in [0, 0.05) is 36.3 Å². The van der Waals surface area contributed by atoms with Crippen LogP contribution in [0.2, 0.25) is 5.02 Å². The van der Waals surface area contributed by atoms with Crippen LogP contribution in [0.1, 0.15) is 19.3 Å². The highest BCUT2D eigenvalue weighted by molar-refractivity contribution is 7.89. The Kier molecular flexibility index (Phi) is 5.45. The van der Waals surface area contributed by atoms with Gasteiger partial charge in [-0.2, -0.15) is 5.26 Å². The van der Waals surface area contributed by atoms with E-state index in [4.69, 9.17) is 16.9 Å². The number of halogens is 1. The molecule has 0 saturated carbocycles. The number of nitriles is 1. The lowest BCUT2D eigenvalue weighted by Crippen LogP contribution is -2.38. The zero-order chi connectivity index (χ0) is 15.3. The van der Waals surface area contributed by atoms with Crippen molar-refractivity contribution in [3.8, 4) is 6.07 Å². The first-order valence-corrected chi connectivity index (χ1v) is 8.91. The van der Waals surface area contributed by atoms with Gasteiger partial charge in [0.2, 0.25) is 10.0 Å². The van der Waals surface area contributed by atoms with Crippen LogP contribution in [0.3, 0.4) is 0 Å². The molecule has 0 radical (unpaired) electrons. The number of hydrogen-bond acceptors (Lipinski definition) is 4. The van der Waals surface area contributed by atoms with Gasteiger partial charge in [0.25, 0.3) is 0 Å². The Morgan fingerprint density at radius 2 is 2.10 bits per heavy atom. The molecule has 1 heterocycles. The zero-order valence-electron chi connectivity index (χ0n) is 11.6. The van der Waals surface area contributed by atoms with Gasteiger partial charge in [0.05, 0.1) is 11.8 Å². The smallest absolute Gasteiger partial charge is 0.211 e. The average Bonchev–Trinajstić information content (AvgIpc) is 2.87. The van der Waals surface area contributed by atoms with E-state index in [1.54, 1.807) is 0 Å². The standard InChI is InChI=1S/C14H18ClN3O2S/c15-12-3-5-14(6-4-12)18-9-7-13(11-18)17-21(19,20)10-2-1-8-16/h3-6,13,17H,1-2,7,9-11H2. The van der Waals surface area contributed by atoms with Crippen LogP contribution < -0.4 is 9.62 Å². The van der Waals surface area contributed by atoms with Gasteiger partial charge in [-0.15, -0.1) is 0 Å². The molecule has 0 aromatic heterocycles. The molecule has 1 aromatic carbocycles. The Balaban J connectivity index is 1.88. The molecule has 1 unspecified atom stereocenters. The van der Waals surface area contributed by atoms with E-state index >= 15 is 0 Å². The SMILES string of the molecule is N#CCCCS(=O)(=O)NC1CCN(c2ccc(Cl)cc2)C1. The van der Waals surface area contributed by atoms with Gasteiger partial charge in [-0.05, 0) is 37.1 Å². The summed E-state index contributed by atoms with van der Waals surface area (Å²) in [5.41, 5.74) is 1.05. The second-order valence-electron chi connectivity index (χ2n) is 5.11. The predicted octanol–water partition coefficient (Wildman–Crippen LogP) is 2.14. The Morgan fingerprint density at radius 1 is 1.38 bits per heavy atom. The van der Waals surface area contributed by atoms with Crippen LogP contribution in [0.15, 0.2) is 24.3 Å². The topological polar surface area (TPSA) is 73.2 Å². The number of sulfonamides is 1. The second kappa shape index (κ2) is 7.12. The third-order valence-corrected chi connectivity index (χ3v) is 5.20. The first kappa shape index (κ1) is 16.1. The summed E-state index contributed by atoms with van der Waals surface area (Å²) in [6, 6.07) is 9.41. The highest BCUT2D eigenvalue weighted by Crippen LogP contribution is 2.22. The van der Waals surface area contributed by atoms with Gasteiger partial charge < -0.3 is 4.90 Å². The van der Waals surface area contributed by atoms with Crippen LogP contribution in [-0.2, 0) is 10.0 Å². The van der Waals surface area contributed by atoms with Gasteiger partial charge in [-0.25, -0.2) is 13.1 Å². The number of hydrogen-bond donors (Lipinski definition) is 1. The summed E-state index contributed by atoms with van der Waals surface area (Å²) in [4.78, 5) is 2.14. The maximum absolute atomic E-state index is 11.9. The van der Waals surface area contributed by atoms with Crippen molar-refractivity contribution in [2.75, 3.05) is 23.7 Å². The molecule has 1 aliphatic heterocycles. The van der Waals surface area contributed by atoms with Crippen LogP contribution in [0.4, 0.5) is 5.69 Å². The van der Waals surface area contributed by atoms with Crippen LogP contribution in [0.5, 0.6) is 0 Å². The molecule has 1 atom stereocenters. The Morgan fingerprint density at radius 3 is 2.76 bits per heavy atom. The number of anilines is 1. The van der Waals surface area contributed by atoms with E-state index in [0.717, 1.165) is 18.7 Å². The molecule has 1 aliphatic rings. The highest BCUT2D eigenvalue weighted by atomic mass is 35.5. The molecule has 7 heteroatoms. The van der Waals surface area contributed by atoms with Crippen LogP contribution in [0, 0.1) is 11.3 Å². The summed E-state index contributed by atoms with van der Waals surface area (Å²) in [5.74, 6) is 0.0119.